The third-order valence-corrected chi connectivity index (χ3v) is 4.16. The van der Waals surface area contributed by atoms with Gasteiger partial charge in [0.25, 0.3) is 5.91 Å². The number of hydrazone groups is 1. The molecule has 0 radical (unpaired) electrons. The van der Waals surface area contributed by atoms with Gasteiger partial charge in [-0.25, -0.2) is 5.43 Å². The number of benzene rings is 2. The number of hydrogen-bond acceptors (Lipinski definition) is 3. The number of nitrogens with one attached hydrogen (secondary N) is 2. The van der Waals surface area contributed by atoms with Crippen molar-refractivity contribution in [2.24, 2.45) is 11.0 Å². The zero-order valence-corrected chi connectivity index (χ0v) is 14.4. The minimum absolute atomic E-state index is 0.0512. The fraction of sp³-hybridized carbons (Fsp3) is 0.250. The first-order valence-electron chi connectivity index (χ1n) is 8.34. The lowest BCUT2D eigenvalue weighted by Gasteiger charge is -2.05. The largest absolute Gasteiger partial charge is 0.326 e. The van der Waals surface area contributed by atoms with Gasteiger partial charge in [-0.1, -0.05) is 23.8 Å². The quantitative estimate of drug-likeness (QED) is 0.649. The average Bonchev–Trinajstić information content (AvgIpc) is 3.42. The lowest BCUT2D eigenvalue weighted by atomic mass is 10.1. The van der Waals surface area contributed by atoms with Gasteiger partial charge in [0.05, 0.1) is 6.21 Å². The molecule has 0 bridgehead atoms. The van der Waals surface area contributed by atoms with Crippen molar-refractivity contribution in [1.29, 1.82) is 0 Å². The maximum atomic E-state index is 12.1. The van der Waals surface area contributed by atoms with Crippen molar-refractivity contribution in [1.82, 2.24) is 5.43 Å². The van der Waals surface area contributed by atoms with Crippen molar-refractivity contribution >= 4 is 23.7 Å². The molecule has 2 aromatic carbocycles. The highest BCUT2D eigenvalue weighted by atomic mass is 16.2. The van der Waals surface area contributed by atoms with Crippen LogP contribution in [0, 0.1) is 19.8 Å². The molecule has 1 aliphatic carbocycles. The smallest absolute Gasteiger partial charge is 0.271 e. The van der Waals surface area contributed by atoms with E-state index in [4.69, 9.17) is 0 Å². The van der Waals surface area contributed by atoms with E-state index in [-0.39, 0.29) is 17.7 Å². The summed E-state index contributed by atoms with van der Waals surface area (Å²) in [6, 6.07) is 12.8. The van der Waals surface area contributed by atoms with Crippen LogP contribution in [-0.4, -0.2) is 18.0 Å². The zero-order valence-electron chi connectivity index (χ0n) is 14.4. The number of rotatable bonds is 5. The van der Waals surface area contributed by atoms with E-state index >= 15 is 0 Å². The Labute approximate surface area is 147 Å². The van der Waals surface area contributed by atoms with Crippen LogP contribution < -0.4 is 10.7 Å². The number of nitrogens with zero attached hydrogens (tertiary/aromatic N) is 1. The van der Waals surface area contributed by atoms with E-state index < -0.39 is 0 Å². The predicted octanol–water partition coefficient (Wildman–Crippen LogP) is 3.42. The van der Waals surface area contributed by atoms with Crippen LogP contribution in [0.1, 0.15) is 39.9 Å². The third kappa shape index (κ3) is 4.53. The molecule has 0 saturated heterocycles. The van der Waals surface area contributed by atoms with Crippen molar-refractivity contribution in [2.75, 3.05) is 5.32 Å². The molecule has 0 unspecified atom stereocenters. The van der Waals surface area contributed by atoms with Crippen LogP contribution in [0.15, 0.2) is 47.6 Å². The molecule has 0 aliphatic heterocycles. The Bertz CT molecular complexity index is 821. The molecule has 2 aromatic rings. The van der Waals surface area contributed by atoms with Gasteiger partial charge < -0.3 is 5.32 Å². The Balaban J connectivity index is 1.57. The highest BCUT2D eigenvalue weighted by Gasteiger charge is 2.29. The Hall–Kier alpha value is -2.95. The van der Waals surface area contributed by atoms with E-state index in [1.165, 1.54) is 5.56 Å². The standard InChI is InChI=1S/C20H21N3O2/c1-13-3-4-17(14(2)11-13)12-21-23-20(25)16-7-9-18(10-8-16)22-19(24)15-5-6-15/h3-4,7-12,15H,5-6H2,1-2H3,(H,22,24)(H,23,25)/b21-12+. The molecule has 3 rings (SSSR count). The first-order chi connectivity index (χ1) is 12.0. The van der Waals surface area contributed by atoms with E-state index in [9.17, 15) is 9.59 Å². The van der Waals surface area contributed by atoms with Gasteiger partial charge in [-0.2, -0.15) is 5.10 Å². The minimum Gasteiger partial charge on any atom is -0.326 e. The summed E-state index contributed by atoms with van der Waals surface area (Å²) in [5.41, 5.74) is 6.97. The van der Waals surface area contributed by atoms with Crippen molar-refractivity contribution in [3.05, 3.63) is 64.7 Å². The Morgan fingerprint density at radius 1 is 1.08 bits per heavy atom. The lowest BCUT2D eigenvalue weighted by molar-refractivity contribution is -0.117. The topological polar surface area (TPSA) is 70.6 Å². The number of carbonyl (C=O) groups is 2. The molecule has 1 fully saturated rings. The molecule has 0 aromatic heterocycles. The SMILES string of the molecule is Cc1ccc(/C=N/NC(=O)c2ccc(NC(=O)C3CC3)cc2)c(C)c1. The van der Waals surface area contributed by atoms with Crippen LogP contribution in [0.2, 0.25) is 0 Å². The molecule has 25 heavy (non-hydrogen) atoms. The van der Waals surface area contributed by atoms with E-state index in [0.29, 0.717) is 11.3 Å². The van der Waals surface area contributed by atoms with Gasteiger partial charge in [-0.3, -0.25) is 9.59 Å². The van der Waals surface area contributed by atoms with Crippen LogP contribution in [0.3, 0.4) is 0 Å². The van der Waals surface area contributed by atoms with Crippen LogP contribution in [0.5, 0.6) is 0 Å². The molecule has 128 valence electrons. The van der Waals surface area contributed by atoms with Crippen LogP contribution in [0.25, 0.3) is 0 Å². The maximum Gasteiger partial charge on any atom is 0.271 e. The van der Waals surface area contributed by atoms with Gasteiger partial charge in [-0.05, 0) is 62.1 Å². The monoisotopic (exact) mass is 335 g/mol. The highest BCUT2D eigenvalue weighted by molar-refractivity contribution is 5.97. The third-order valence-electron chi connectivity index (χ3n) is 4.16. The number of anilines is 1. The van der Waals surface area contributed by atoms with Gasteiger partial charge in [0.15, 0.2) is 0 Å². The van der Waals surface area contributed by atoms with Crippen LogP contribution in [-0.2, 0) is 4.79 Å². The molecule has 0 heterocycles. The summed E-state index contributed by atoms with van der Waals surface area (Å²) in [5, 5.41) is 6.86. The van der Waals surface area contributed by atoms with Crippen molar-refractivity contribution < 1.29 is 9.59 Å². The van der Waals surface area contributed by atoms with Gasteiger partial charge in [-0.15, -0.1) is 0 Å². The molecule has 5 nitrogen and oxygen atoms in total. The normalized spacial score (nSPS) is 13.7. The van der Waals surface area contributed by atoms with E-state index in [2.05, 4.69) is 21.9 Å². The molecule has 1 saturated carbocycles. The van der Waals surface area contributed by atoms with Crippen molar-refractivity contribution in [2.45, 2.75) is 26.7 Å². The number of amides is 2. The molecule has 2 amide bonds. The fourth-order valence-corrected chi connectivity index (χ4v) is 2.49. The van der Waals surface area contributed by atoms with Crippen molar-refractivity contribution in [3.63, 3.8) is 0 Å². The summed E-state index contributed by atoms with van der Waals surface area (Å²) in [4.78, 5) is 23.8. The van der Waals surface area contributed by atoms with E-state index in [1.807, 2.05) is 26.0 Å². The van der Waals surface area contributed by atoms with Gasteiger partial charge in [0.2, 0.25) is 5.91 Å². The van der Waals surface area contributed by atoms with Gasteiger partial charge in [0, 0.05) is 17.2 Å². The molecule has 2 N–H and O–H groups in total. The summed E-state index contributed by atoms with van der Waals surface area (Å²) in [7, 11) is 0. The Kier molecular flexibility index (Phi) is 4.93. The highest BCUT2D eigenvalue weighted by Crippen LogP contribution is 2.30. The summed E-state index contributed by atoms with van der Waals surface area (Å²) in [6.45, 7) is 4.04. The predicted molar refractivity (Wildman–Crippen MR) is 98.8 cm³/mol. The second-order valence-electron chi connectivity index (χ2n) is 6.40. The molecular formula is C20H21N3O2. The summed E-state index contributed by atoms with van der Waals surface area (Å²) in [6.07, 6.45) is 3.56. The Morgan fingerprint density at radius 3 is 2.44 bits per heavy atom. The van der Waals surface area contributed by atoms with E-state index in [1.54, 1.807) is 30.5 Å². The first-order valence-corrected chi connectivity index (χ1v) is 8.34. The average molecular weight is 335 g/mol. The number of carbonyl (C=O) groups excluding carboxylic acids is 2. The number of aryl methyl sites for hydroxylation is 2. The molecular weight excluding hydrogens is 314 g/mol. The summed E-state index contributed by atoms with van der Waals surface area (Å²) >= 11 is 0. The maximum absolute atomic E-state index is 12.1. The fourth-order valence-electron chi connectivity index (χ4n) is 2.49. The summed E-state index contributed by atoms with van der Waals surface area (Å²) < 4.78 is 0. The first kappa shape index (κ1) is 16.9. The minimum atomic E-state index is -0.291. The van der Waals surface area contributed by atoms with E-state index in [0.717, 1.165) is 24.0 Å². The molecule has 5 heteroatoms. The van der Waals surface area contributed by atoms with Crippen LogP contribution >= 0.6 is 0 Å². The molecule has 0 atom stereocenters. The van der Waals surface area contributed by atoms with Gasteiger partial charge >= 0.3 is 0 Å². The van der Waals surface area contributed by atoms with Gasteiger partial charge in [0.1, 0.15) is 0 Å². The van der Waals surface area contributed by atoms with Crippen molar-refractivity contribution in [3.8, 4) is 0 Å². The Morgan fingerprint density at radius 2 is 1.80 bits per heavy atom. The lowest BCUT2D eigenvalue weighted by Crippen LogP contribution is -2.18. The zero-order chi connectivity index (χ0) is 17.8. The molecule has 1 aliphatic rings. The number of hydrogen-bond donors (Lipinski definition) is 2. The second-order valence-corrected chi connectivity index (χ2v) is 6.40. The second kappa shape index (κ2) is 7.30. The molecule has 0 spiro atoms. The summed E-state index contributed by atoms with van der Waals surface area (Å²) in [5.74, 6) is -0.0844. The van der Waals surface area contributed by atoms with Crippen LogP contribution in [0.4, 0.5) is 5.69 Å².